The van der Waals surface area contributed by atoms with Gasteiger partial charge >= 0.3 is 17.9 Å². The Kier molecular flexibility index (Phi) is 8.26. The molecule has 0 heterocycles. The summed E-state index contributed by atoms with van der Waals surface area (Å²) < 4.78 is 47.8. The van der Waals surface area contributed by atoms with Crippen molar-refractivity contribution >= 4 is 17.9 Å². The normalized spacial score (nSPS) is 19.8. The minimum atomic E-state index is -2.56. The second-order valence-corrected chi connectivity index (χ2v) is 11.2. The average Bonchev–Trinajstić information content (AvgIpc) is 3.07. The molecule has 0 saturated heterocycles. The molecule has 0 amide bonds. The number of carbonyl (C=O) groups excluding carboxylic acids is 3. The average molecular weight is 541 g/mol. The Morgan fingerprint density at radius 3 is 2.00 bits per heavy atom. The zero-order chi connectivity index (χ0) is 29.3. The molecule has 0 aliphatic heterocycles. The van der Waals surface area contributed by atoms with Gasteiger partial charge in [-0.2, -0.15) is 0 Å². The van der Waals surface area contributed by atoms with Crippen LogP contribution >= 0.6 is 0 Å². The standard InChI is InChI=1S/C31H34F2O6/c1-9-16-30(26(34)39-29(6,7)8)22-14-11-15-23(33)24(22)31(27(35)37-18(2)3,28(36)38-19(4)5)25(30)20-12-10-13-21(32)17-20/h1,10-15,17-19,25H,16H2,2-8H3/t25-,30-/m1/s1. The third kappa shape index (κ3) is 5.15. The lowest BCUT2D eigenvalue weighted by Gasteiger charge is -2.40. The number of benzene rings is 2. The molecule has 6 nitrogen and oxygen atoms in total. The van der Waals surface area contributed by atoms with Crippen LogP contribution in [-0.4, -0.2) is 35.7 Å². The van der Waals surface area contributed by atoms with Crippen molar-refractivity contribution in [3.63, 3.8) is 0 Å². The minimum absolute atomic E-state index is 0.0228. The highest BCUT2D eigenvalue weighted by Gasteiger charge is 2.73. The van der Waals surface area contributed by atoms with Crippen molar-refractivity contribution in [1.82, 2.24) is 0 Å². The van der Waals surface area contributed by atoms with E-state index in [9.17, 15) is 18.8 Å². The van der Waals surface area contributed by atoms with E-state index in [4.69, 9.17) is 20.6 Å². The van der Waals surface area contributed by atoms with E-state index >= 15 is 4.39 Å². The van der Waals surface area contributed by atoms with Gasteiger partial charge in [0.1, 0.15) is 22.7 Å². The summed E-state index contributed by atoms with van der Waals surface area (Å²) in [4.78, 5) is 42.6. The molecule has 39 heavy (non-hydrogen) atoms. The van der Waals surface area contributed by atoms with Crippen LogP contribution in [-0.2, 0) is 39.4 Å². The lowest BCUT2D eigenvalue weighted by atomic mass is 9.61. The molecule has 0 spiro atoms. The molecule has 208 valence electrons. The van der Waals surface area contributed by atoms with Gasteiger partial charge in [-0.25, -0.2) is 8.78 Å². The first-order valence-corrected chi connectivity index (χ1v) is 12.8. The first kappa shape index (κ1) is 29.8. The lowest BCUT2D eigenvalue weighted by Crippen LogP contribution is -2.55. The van der Waals surface area contributed by atoms with Crippen LogP contribution in [0.15, 0.2) is 42.5 Å². The second kappa shape index (κ2) is 10.8. The molecular weight excluding hydrogens is 506 g/mol. The van der Waals surface area contributed by atoms with E-state index < -0.39 is 76.1 Å². The summed E-state index contributed by atoms with van der Waals surface area (Å²) in [5, 5.41) is 0. The Hall–Kier alpha value is -3.73. The van der Waals surface area contributed by atoms with Gasteiger partial charge in [0.15, 0.2) is 0 Å². The summed E-state index contributed by atoms with van der Waals surface area (Å²) in [5.74, 6) is -3.95. The van der Waals surface area contributed by atoms with E-state index in [-0.39, 0.29) is 11.1 Å². The summed E-state index contributed by atoms with van der Waals surface area (Å²) >= 11 is 0. The molecule has 2 atom stereocenters. The van der Waals surface area contributed by atoms with Crippen molar-refractivity contribution in [2.75, 3.05) is 0 Å². The number of terminal acetylenes is 1. The third-order valence-electron chi connectivity index (χ3n) is 6.47. The van der Waals surface area contributed by atoms with Crippen molar-refractivity contribution in [2.45, 2.75) is 89.4 Å². The smallest absolute Gasteiger partial charge is 0.329 e. The summed E-state index contributed by atoms with van der Waals surface area (Å²) in [7, 11) is 0. The SMILES string of the molecule is C#CC[C@@]1(C(=O)OC(C)(C)C)c2cccc(F)c2C(C(=O)OC(C)C)(C(=O)OC(C)C)[C@@H]1c1cccc(F)c1. The Morgan fingerprint density at radius 2 is 1.51 bits per heavy atom. The molecule has 1 aliphatic rings. The van der Waals surface area contributed by atoms with Gasteiger partial charge in [-0.1, -0.05) is 24.3 Å². The topological polar surface area (TPSA) is 78.9 Å². The predicted octanol–water partition coefficient (Wildman–Crippen LogP) is 5.51. The van der Waals surface area contributed by atoms with Gasteiger partial charge in [-0.05, 0) is 77.8 Å². The van der Waals surface area contributed by atoms with Crippen molar-refractivity contribution in [3.8, 4) is 12.3 Å². The lowest BCUT2D eigenvalue weighted by molar-refractivity contribution is -0.174. The van der Waals surface area contributed by atoms with E-state index in [0.29, 0.717) is 0 Å². The molecule has 2 aromatic rings. The molecule has 2 aromatic carbocycles. The van der Waals surface area contributed by atoms with Gasteiger partial charge in [0.05, 0.1) is 12.2 Å². The maximum atomic E-state index is 16.0. The van der Waals surface area contributed by atoms with Crippen LogP contribution in [0.4, 0.5) is 8.78 Å². The van der Waals surface area contributed by atoms with Crippen molar-refractivity contribution in [3.05, 3.63) is 70.8 Å². The van der Waals surface area contributed by atoms with Crippen molar-refractivity contribution in [1.29, 1.82) is 0 Å². The summed E-state index contributed by atoms with van der Waals surface area (Å²) in [6.45, 7) is 11.2. The molecule has 0 saturated carbocycles. The highest BCUT2D eigenvalue weighted by Crippen LogP contribution is 2.63. The van der Waals surface area contributed by atoms with Crippen LogP contribution in [0.2, 0.25) is 0 Å². The number of rotatable bonds is 7. The number of fused-ring (bicyclic) bond motifs is 1. The number of carbonyl (C=O) groups is 3. The molecule has 0 bridgehead atoms. The highest BCUT2D eigenvalue weighted by atomic mass is 19.1. The molecule has 3 rings (SSSR count). The van der Waals surface area contributed by atoms with Gasteiger partial charge in [0, 0.05) is 17.9 Å². The van der Waals surface area contributed by atoms with Crippen LogP contribution in [0.1, 0.15) is 77.5 Å². The Labute approximate surface area is 228 Å². The maximum absolute atomic E-state index is 16.0. The summed E-state index contributed by atoms with van der Waals surface area (Å²) in [6, 6.07) is 8.93. The van der Waals surface area contributed by atoms with Gasteiger partial charge < -0.3 is 14.2 Å². The Morgan fingerprint density at radius 1 is 0.949 bits per heavy atom. The van der Waals surface area contributed by atoms with Crippen LogP contribution in [0.5, 0.6) is 0 Å². The summed E-state index contributed by atoms with van der Waals surface area (Å²) in [6.07, 6.45) is 3.95. The van der Waals surface area contributed by atoms with Gasteiger partial charge in [0.2, 0.25) is 5.41 Å². The van der Waals surface area contributed by atoms with Gasteiger partial charge in [0.25, 0.3) is 0 Å². The number of hydrogen-bond acceptors (Lipinski definition) is 6. The van der Waals surface area contributed by atoms with Gasteiger partial charge in [-0.15, -0.1) is 12.3 Å². The fourth-order valence-electron chi connectivity index (χ4n) is 5.35. The second-order valence-electron chi connectivity index (χ2n) is 11.2. The van der Waals surface area contributed by atoms with E-state index in [2.05, 4.69) is 5.92 Å². The van der Waals surface area contributed by atoms with E-state index in [1.54, 1.807) is 48.5 Å². The van der Waals surface area contributed by atoms with Crippen LogP contribution in [0, 0.1) is 24.0 Å². The zero-order valence-electron chi connectivity index (χ0n) is 23.3. The number of hydrogen-bond donors (Lipinski definition) is 0. The fourth-order valence-corrected chi connectivity index (χ4v) is 5.35. The fraction of sp³-hybridized carbons (Fsp3) is 0.452. The minimum Gasteiger partial charge on any atom is -0.462 e. The molecule has 0 aromatic heterocycles. The molecular formula is C31H34F2O6. The molecule has 0 N–H and O–H groups in total. The summed E-state index contributed by atoms with van der Waals surface area (Å²) in [5.41, 5.74) is -5.95. The largest absolute Gasteiger partial charge is 0.462 e. The number of halogens is 2. The zero-order valence-corrected chi connectivity index (χ0v) is 23.3. The molecule has 1 aliphatic carbocycles. The first-order valence-electron chi connectivity index (χ1n) is 12.8. The van der Waals surface area contributed by atoms with Crippen molar-refractivity contribution < 1.29 is 37.4 Å². The number of ether oxygens (including phenoxy) is 3. The monoisotopic (exact) mass is 540 g/mol. The Balaban J connectivity index is 2.62. The highest BCUT2D eigenvalue weighted by molar-refractivity contribution is 6.12. The van der Waals surface area contributed by atoms with Crippen molar-refractivity contribution in [2.24, 2.45) is 0 Å². The quantitative estimate of drug-likeness (QED) is 0.200. The predicted molar refractivity (Wildman–Crippen MR) is 141 cm³/mol. The van der Waals surface area contributed by atoms with E-state index in [1.807, 2.05) is 0 Å². The molecule has 0 fully saturated rings. The third-order valence-corrected chi connectivity index (χ3v) is 6.47. The maximum Gasteiger partial charge on any atom is 0.329 e. The number of esters is 3. The van der Waals surface area contributed by atoms with Crippen LogP contribution in [0.3, 0.4) is 0 Å². The molecule has 0 unspecified atom stereocenters. The van der Waals surface area contributed by atoms with Crippen LogP contribution < -0.4 is 0 Å². The molecule has 0 radical (unpaired) electrons. The molecule has 8 heteroatoms. The Bertz CT molecular complexity index is 1300. The van der Waals surface area contributed by atoms with Gasteiger partial charge in [-0.3, -0.25) is 14.4 Å². The first-order chi connectivity index (χ1) is 18.1. The van der Waals surface area contributed by atoms with Crippen LogP contribution in [0.25, 0.3) is 0 Å². The van der Waals surface area contributed by atoms with E-state index in [0.717, 1.165) is 12.1 Å². The van der Waals surface area contributed by atoms with E-state index in [1.165, 1.54) is 30.3 Å².